The smallest absolute Gasteiger partial charge is 0.0870 e. The van der Waals surface area contributed by atoms with Gasteiger partial charge in [-0.15, -0.1) is 0 Å². The Morgan fingerprint density at radius 3 is 3.00 bits per heavy atom. The molecule has 2 fully saturated rings. The molecule has 2 rings (SSSR count). The number of nitrogens with zero attached hydrogens (tertiary/aromatic N) is 1. The highest BCUT2D eigenvalue weighted by Gasteiger charge is 2.37. The first-order valence-electron chi connectivity index (χ1n) is 4.80. The summed E-state index contributed by atoms with van der Waals surface area (Å²) in [5, 5.41) is 0. The summed E-state index contributed by atoms with van der Waals surface area (Å²) in [6.07, 6.45) is 5.57. The van der Waals surface area contributed by atoms with Crippen LogP contribution in [0.25, 0.3) is 0 Å². The molecule has 2 atom stereocenters. The first-order valence-corrected chi connectivity index (χ1v) is 5.20. The van der Waals surface area contributed by atoms with E-state index in [4.69, 9.17) is 18.0 Å². The van der Waals surface area contributed by atoms with Gasteiger partial charge >= 0.3 is 0 Å². The summed E-state index contributed by atoms with van der Waals surface area (Å²) < 4.78 is 0. The third-order valence-corrected chi connectivity index (χ3v) is 3.36. The molecular weight excluding hydrogens is 168 g/mol. The molecular formula is C9H16N2S. The van der Waals surface area contributed by atoms with Gasteiger partial charge in [0.15, 0.2) is 0 Å². The number of hydrogen-bond donors (Lipinski definition) is 1. The van der Waals surface area contributed by atoms with Crippen LogP contribution < -0.4 is 5.73 Å². The van der Waals surface area contributed by atoms with E-state index in [9.17, 15) is 0 Å². The average molecular weight is 184 g/mol. The minimum Gasteiger partial charge on any atom is -0.392 e. The Hall–Kier alpha value is -0.150. The molecule has 2 N–H and O–H groups in total. The quantitative estimate of drug-likeness (QED) is 0.653. The van der Waals surface area contributed by atoms with Crippen LogP contribution in [0.5, 0.6) is 0 Å². The fourth-order valence-corrected chi connectivity index (χ4v) is 2.89. The zero-order valence-electron chi connectivity index (χ0n) is 7.33. The topological polar surface area (TPSA) is 29.3 Å². The van der Waals surface area contributed by atoms with Crippen LogP contribution in [0.2, 0.25) is 0 Å². The third-order valence-electron chi connectivity index (χ3n) is 3.23. The Bertz CT molecular complexity index is 193. The normalized spacial score (nSPS) is 35.3. The van der Waals surface area contributed by atoms with Gasteiger partial charge in [0.1, 0.15) is 0 Å². The fourth-order valence-electron chi connectivity index (χ4n) is 2.73. The molecule has 1 saturated carbocycles. The lowest BCUT2D eigenvalue weighted by Crippen LogP contribution is -2.36. The molecule has 3 heteroatoms. The van der Waals surface area contributed by atoms with Gasteiger partial charge in [-0.1, -0.05) is 18.6 Å². The van der Waals surface area contributed by atoms with Crippen LogP contribution in [0.3, 0.4) is 0 Å². The van der Waals surface area contributed by atoms with Crippen molar-refractivity contribution in [2.24, 2.45) is 11.7 Å². The van der Waals surface area contributed by atoms with E-state index in [0.717, 1.165) is 18.5 Å². The summed E-state index contributed by atoms with van der Waals surface area (Å²) in [5.74, 6) is 0.958. The predicted octanol–water partition coefficient (Wildman–Crippen LogP) is 1.15. The third kappa shape index (κ3) is 1.48. The number of hydrogen-bond acceptors (Lipinski definition) is 2. The van der Waals surface area contributed by atoms with E-state index in [1.807, 2.05) is 0 Å². The Balaban J connectivity index is 1.95. The van der Waals surface area contributed by atoms with Crippen molar-refractivity contribution in [3.8, 4) is 0 Å². The van der Waals surface area contributed by atoms with Crippen molar-refractivity contribution in [2.45, 2.75) is 31.7 Å². The summed E-state index contributed by atoms with van der Waals surface area (Å²) in [4.78, 5) is 3.13. The molecule has 0 bridgehead atoms. The Morgan fingerprint density at radius 2 is 2.25 bits per heavy atom. The lowest BCUT2D eigenvalue weighted by Gasteiger charge is -2.22. The molecule has 0 aromatic rings. The van der Waals surface area contributed by atoms with Crippen molar-refractivity contribution >= 4 is 17.2 Å². The average Bonchev–Trinajstić information content (AvgIpc) is 2.52. The van der Waals surface area contributed by atoms with Crippen molar-refractivity contribution in [1.29, 1.82) is 0 Å². The van der Waals surface area contributed by atoms with E-state index < -0.39 is 0 Å². The molecule has 0 amide bonds. The van der Waals surface area contributed by atoms with Gasteiger partial charge in [-0.25, -0.2) is 0 Å². The molecule has 12 heavy (non-hydrogen) atoms. The zero-order valence-corrected chi connectivity index (χ0v) is 8.15. The molecule has 1 aliphatic carbocycles. The molecule has 1 heterocycles. The van der Waals surface area contributed by atoms with E-state index in [1.165, 1.54) is 32.2 Å². The fraction of sp³-hybridized carbons (Fsp3) is 0.889. The first-order chi connectivity index (χ1) is 5.77. The molecule has 2 aliphatic rings. The van der Waals surface area contributed by atoms with Gasteiger partial charge < -0.3 is 5.73 Å². The molecule has 68 valence electrons. The van der Waals surface area contributed by atoms with Gasteiger partial charge in [-0.05, 0) is 31.7 Å². The second-order valence-corrected chi connectivity index (χ2v) is 4.51. The van der Waals surface area contributed by atoms with E-state index in [2.05, 4.69) is 4.90 Å². The van der Waals surface area contributed by atoms with Gasteiger partial charge in [0, 0.05) is 12.6 Å². The lowest BCUT2D eigenvalue weighted by molar-refractivity contribution is 0.274. The summed E-state index contributed by atoms with van der Waals surface area (Å²) in [5.41, 5.74) is 5.54. The van der Waals surface area contributed by atoms with Crippen LogP contribution in [0, 0.1) is 5.92 Å². The monoisotopic (exact) mass is 184 g/mol. The number of nitrogens with two attached hydrogens (primary N) is 1. The Labute approximate surface area is 79.1 Å². The highest BCUT2D eigenvalue weighted by Crippen LogP contribution is 2.37. The van der Waals surface area contributed by atoms with E-state index in [1.54, 1.807) is 0 Å². The molecule has 2 nitrogen and oxygen atoms in total. The summed E-state index contributed by atoms with van der Waals surface area (Å²) in [7, 11) is 0. The maximum Gasteiger partial charge on any atom is 0.0870 e. The SMILES string of the molecule is NC(=S)CN1CCC2CCCC21. The van der Waals surface area contributed by atoms with Gasteiger partial charge in [-0.2, -0.15) is 0 Å². The highest BCUT2D eigenvalue weighted by molar-refractivity contribution is 7.80. The molecule has 0 aromatic heterocycles. The minimum absolute atomic E-state index is 0.655. The van der Waals surface area contributed by atoms with Crippen LogP contribution in [0.4, 0.5) is 0 Å². The van der Waals surface area contributed by atoms with Gasteiger partial charge in [0.25, 0.3) is 0 Å². The Morgan fingerprint density at radius 1 is 1.42 bits per heavy atom. The summed E-state index contributed by atoms with van der Waals surface area (Å²) >= 11 is 4.93. The van der Waals surface area contributed by atoms with Crippen molar-refractivity contribution < 1.29 is 0 Å². The van der Waals surface area contributed by atoms with Crippen LogP contribution in [-0.2, 0) is 0 Å². The van der Waals surface area contributed by atoms with E-state index >= 15 is 0 Å². The number of thiocarbonyl (C=S) groups is 1. The second-order valence-electron chi connectivity index (χ2n) is 3.98. The van der Waals surface area contributed by atoms with Crippen LogP contribution >= 0.6 is 12.2 Å². The molecule has 0 radical (unpaired) electrons. The van der Waals surface area contributed by atoms with Gasteiger partial charge in [0.05, 0.1) is 4.99 Å². The second kappa shape index (κ2) is 3.30. The molecule has 2 unspecified atom stereocenters. The van der Waals surface area contributed by atoms with Crippen LogP contribution in [0.1, 0.15) is 25.7 Å². The van der Waals surface area contributed by atoms with Crippen molar-refractivity contribution in [3.63, 3.8) is 0 Å². The standard InChI is InChI=1S/C9H16N2S/c10-9(12)6-11-5-4-7-2-1-3-8(7)11/h7-8H,1-6H2,(H2,10,12). The van der Waals surface area contributed by atoms with Crippen molar-refractivity contribution in [3.05, 3.63) is 0 Å². The molecule has 1 aliphatic heterocycles. The number of rotatable bonds is 2. The Kier molecular flexibility index (Phi) is 2.33. The molecule has 0 spiro atoms. The lowest BCUT2D eigenvalue weighted by atomic mass is 10.1. The largest absolute Gasteiger partial charge is 0.392 e. The van der Waals surface area contributed by atoms with Crippen molar-refractivity contribution in [2.75, 3.05) is 13.1 Å². The van der Waals surface area contributed by atoms with Crippen LogP contribution in [0.15, 0.2) is 0 Å². The van der Waals surface area contributed by atoms with E-state index in [0.29, 0.717) is 4.99 Å². The van der Waals surface area contributed by atoms with E-state index in [-0.39, 0.29) is 0 Å². The van der Waals surface area contributed by atoms with Gasteiger partial charge in [0.2, 0.25) is 0 Å². The maximum absolute atomic E-state index is 5.54. The predicted molar refractivity (Wildman–Crippen MR) is 54.1 cm³/mol. The zero-order chi connectivity index (χ0) is 8.55. The maximum atomic E-state index is 5.54. The van der Waals surface area contributed by atoms with Crippen molar-refractivity contribution in [1.82, 2.24) is 4.90 Å². The highest BCUT2D eigenvalue weighted by atomic mass is 32.1. The first kappa shape index (κ1) is 8.45. The molecule has 1 saturated heterocycles. The molecule has 0 aromatic carbocycles. The number of fused-ring (bicyclic) bond motifs is 1. The summed E-state index contributed by atoms with van der Waals surface area (Å²) in [6.45, 7) is 2.06. The van der Waals surface area contributed by atoms with Gasteiger partial charge in [-0.3, -0.25) is 4.90 Å². The summed E-state index contributed by atoms with van der Waals surface area (Å²) in [6, 6.07) is 0.812. The van der Waals surface area contributed by atoms with Crippen LogP contribution in [-0.4, -0.2) is 29.0 Å². The number of likely N-dealkylation sites (tertiary alicyclic amines) is 1. The minimum atomic E-state index is 0.655.